The summed E-state index contributed by atoms with van der Waals surface area (Å²) in [6.07, 6.45) is 0.130. The van der Waals surface area contributed by atoms with Crippen molar-refractivity contribution in [1.29, 1.82) is 0 Å². The largest absolute Gasteiger partial charge is 0.401 e. The van der Waals surface area contributed by atoms with Gasteiger partial charge in [-0.1, -0.05) is 6.92 Å². The smallest absolute Gasteiger partial charge is 0.327 e. The van der Waals surface area contributed by atoms with Crippen LogP contribution in [0, 0.1) is 17.8 Å². The molecule has 2 N–H and O–H groups in total. The summed E-state index contributed by atoms with van der Waals surface area (Å²) in [6, 6.07) is 0.122. The van der Waals surface area contributed by atoms with Gasteiger partial charge in [-0.15, -0.1) is 0 Å². The van der Waals surface area contributed by atoms with Crippen molar-refractivity contribution in [2.75, 3.05) is 19.6 Å². The molecule has 0 heterocycles. The normalized spacial score (nSPS) is 35.7. The monoisotopic (exact) mass is 264 g/mol. The van der Waals surface area contributed by atoms with Crippen LogP contribution in [-0.2, 0) is 0 Å². The zero-order valence-electron chi connectivity index (χ0n) is 10.9. The Labute approximate surface area is 107 Å². The Morgan fingerprint density at radius 2 is 1.89 bits per heavy atom. The number of hydrogen-bond donors (Lipinski definition) is 1. The number of nitrogens with two attached hydrogens (primary N) is 1. The van der Waals surface area contributed by atoms with Gasteiger partial charge in [0.15, 0.2) is 0 Å². The number of hydrogen-bond acceptors (Lipinski definition) is 2. The van der Waals surface area contributed by atoms with Crippen molar-refractivity contribution in [3.8, 4) is 0 Å². The molecule has 0 aromatic rings. The van der Waals surface area contributed by atoms with E-state index in [0.717, 1.165) is 19.3 Å². The molecule has 0 aliphatic heterocycles. The van der Waals surface area contributed by atoms with E-state index in [1.54, 1.807) is 4.90 Å². The van der Waals surface area contributed by atoms with Crippen LogP contribution in [0.2, 0.25) is 0 Å². The van der Waals surface area contributed by atoms with Gasteiger partial charge < -0.3 is 5.73 Å². The predicted molar refractivity (Wildman–Crippen MR) is 65.1 cm³/mol. The Balaban J connectivity index is 1.92. The molecule has 2 aliphatic carbocycles. The van der Waals surface area contributed by atoms with E-state index in [-0.39, 0.29) is 12.0 Å². The van der Waals surface area contributed by atoms with Crippen molar-refractivity contribution in [3.05, 3.63) is 0 Å². The Bertz CT molecular complexity index is 278. The first-order chi connectivity index (χ1) is 8.40. The van der Waals surface area contributed by atoms with E-state index < -0.39 is 12.7 Å². The van der Waals surface area contributed by atoms with Gasteiger partial charge in [0.25, 0.3) is 0 Å². The van der Waals surface area contributed by atoms with E-state index >= 15 is 0 Å². The van der Waals surface area contributed by atoms with Crippen molar-refractivity contribution in [2.24, 2.45) is 23.5 Å². The summed E-state index contributed by atoms with van der Waals surface area (Å²) in [5.74, 6) is 1.41. The maximum absolute atomic E-state index is 12.5. The summed E-state index contributed by atoms with van der Waals surface area (Å²) in [5, 5.41) is 0. The third-order valence-electron chi connectivity index (χ3n) is 4.57. The summed E-state index contributed by atoms with van der Waals surface area (Å²) in [5.41, 5.74) is 6.16. The highest BCUT2D eigenvalue weighted by Crippen LogP contribution is 2.47. The number of halogens is 3. The van der Waals surface area contributed by atoms with Crippen LogP contribution in [-0.4, -0.2) is 36.8 Å². The molecule has 2 bridgehead atoms. The fourth-order valence-electron chi connectivity index (χ4n) is 3.83. The van der Waals surface area contributed by atoms with Crippen molar-refractivity contribution < 1.29 is 13.2 Å². The zero-order valence-corrected chi connectivity index (χ0v) is 10.9. The van der Waals surface area contributed by atoms with Crippen molar-refractivity contribution in [2.45, 2.75) is 44.8 Å². The van der Waals surface area contributed by atoms with E-state index in [2.05, 4.69) is 0 Å². The summed E-state index contributed by atoms with van der Waals surface area (Å²) >= 11 is 0. The lowest BCUT2D eigenvalue weighted by atomic mass is 9.84. The highest BCUT2D eigenvalue weighted by molar-refractivity contribution is 4.99. The van der Waals surface area contributed by atoms with Gasteiger partial charge >= 0.3 is 6.18 Å². The summed E-state index contributed by atoms with van der Waals surface area (Å²) < 4.78 is 37.5. The molecule has 0 aromatic carbocycles. The Morgan fingerprint density at radius 1 is 1.22 bits per heavy atom. The maximum atomic E-state index is 12.5. The Kier molecular flexibility index (Phi) is 4.22. The molecule has 2 nitrogen and oxygen atoms in total. The van der Waals surface area contributed by atoms with Gasteiger partial charge in [-0.3, -0.25) is 4.90 Å². The summed E-state index contributed by atoms with van der Waals surface area (Å²) in [6.45, 7) is 2.17. The topological polar surface area (TPSA) is 29.3 Å². The van der Waals surface area contributed by atoms with Gasteiger partial charge in [0.05, 0.1) is 6.54 Å². The molecule has 0 amide bonds. The first-order valence-electron chi connectivity index (χ1n) is 6.95. The van der Waals surface area contributed by atoms with E-state index in [1.807, 2.05) is 6.92 Å². The van der Waals surface area contributed by atoms with E-state index in [0.29, 0.717) is 24.9 Å². The average Bonchev–Trinajstić information content (AvgIpc) is 2.80. The van der Waals surface area contributed by atoms with Crippen LogP contribution >= 0.6 is 0 Å². The number of alkyl halides is 3. The minimum atomic E-state index is -4.10. The second-order valence-corrected chi connectivity index (χ2v) is 5.92. The molecule has 2 fully saturated rings. The zero-order chi connectivity index (χ0) is 13.3. The van der Waals surface area contributed by atoms with Crippen LogP contribution < -0.4 is 5.73 Å². The lowest BCUT2D eigenvalue weighted by molar-refractivity contribution is -0.147. The molecule has 0 saturated heterocycles. The van der Waals surface area contributed by atoms with Crippen LogP contribution in [0.1, 0.15) is 32.6 Å². The molecule has 4 unspecified atom stereocenters. The number of fused-ring (bicyclic) bond motifs is 2. The maximum Gasteiger partial charge on any atom is 0.401 e. The first kappa shape index (κ1) is 14.1. The quantitative estimate of drug-likeness (QED) is 0.827. The molecular weight excluding hydrogens is 241 g/mol. The molecular formula is C13H23F3N2. The van der Waals surface area contributed by atoms with Crippen molar-refractivity contribution in [1.82, 2.24) is 4.90 Å². The fraction of sp³-hybridized carbons (Fsp3) is 1.00. The second-order valence-electron chi connectivity index (χ2n) is 5.92. The molecule has 2 rings (SSSR count). The van der Waals surface area contributed by atoms with E-state index in [1.165, 1.54) is 6.42 Å². The highest BCUT2D eigenvalue weighted by Gasteiger charge is 2.46. The molecule has 2 saturated carbocycles. The minimum absolute atomic E-state index is 0.122. The Morgan fingerprint density at radius 3 is 2.39 bits per heavy atom. The standard InChI is InChI=1S/C13H23F3N2/c1-2-5-18(8-13(14,15)16)7-11-9-3-4-10(6-9)12(11)17/h9-12H,2-8,17H2,1H3. The van der Waals surface area contributed by atoms with Crippen LogP contribution in [0.25, 0.3) is 0 Å². The number of nitrogens with zero attached hydrogens (tertiary/aromatic N) is 1. The van der Waals surface area contributed by atoms with Gasteiger partial charge in [-0.25, -0.2) is 0 Å². The molecule has 2 aliphatic rings. The van der Waals surface area contributed by atoms with Gasteiger partial charge in [-0.05, 0) is 50.0 Å². The molecule has 0 spiro atoms. The van der Waals surface area contributed by atoms with Crippen molar-refractivity contribution in [3.63, 3.8) is 0 Å². The molecule has 5 heteroatoms. The molecule has 0 radical (unpaired) electrons. The average molecular weight is 264 g/mol. The van der Waals surface area contributed by atoms with Gasteiger partial charge in [0.2, 0.25) is 0 Å². The van der Waals surface area contributed by atoms with Gasteiger partial charge in [0, 0.05) is 12.6 Å². The summed E-state index contributed by atoms with van der Waals surface area (Å²) in [7, 11) is 0. The van der Waals surface area contributed by atoms with Gasteiger partial charge in [-0.2, -0.15) is 13.2 Å². The van der Waals surface area contributed by atoms with Gasteiger partial charge in [0.1, 0.15) is 0 Å². The van der Waals surface area contributed by atoms with Crippen LogP contribution in [0.3, 0.4) is 0 Å². The lowest BCUT2D eigenvalue weighted by Gasteiger charge is -2.33. The second kappa shape index (κ2) is 5.37. The minimum Gasteiger partial charge on any atom is -0.327 e. The highest BCUT2D eigenvalue weighted by atomic mass is 19.4. The first-order valence-corrected chi connectivity index (χ1v) is 6.95. The predicted octanol–water partition coefficient (Wildman–Crippen LogP) is 2.63. The third-order valence-corrected chi connectivity index (χ3v) is 4.57. The van der Waals surface area contributed by atoms with Crippen LogP contribution in [0.15, 0.2) is 0 Å². The molecule has 106 valence electrons. The third kappa shape index (κ3) is 3.18. The van der Waals surface area contributed by atoms with Crippen LogP contribution in [0.5, 0.6) is 0 Å². The number of rotatable bonds is 5. The van der Waals surface area contributed by atoms with E-state index in [9.17, 15) is 13.2 Å². The molecule has 18 heavy (non-hydrogen) atoms. The molecule has 4 atom stereocenters. The SMILES string of the molecule is CCCN(CC1C2CCC(C2)C1N)CC(F)(F)F. The van der Waals surface area contributed by atoms with E-state index in [4.69, 9.17) is 5.73 Å². The molecule has 0 aromatic heterocycles. The van der Waals surface area contributed by atoms with Crippen molar-refractivity contribution >= 4 is 0 Å². The summed E-state index contributed by atoms with van der Waals surface area (Å²) in [4.78, 5) is 1.55. The lowest BCUT2D eigenvalue weighted by Crippen LogP contribution is -2.45. The van der Waals surface area contributed by atoms with Crippen LogP contribution in [0.4, 0.5) is 13.2 Å². The Hall–Kier alpha value is -0.290. The fourth-order valence-corrected chi connectivity index (χ4v) is 3.83.